The van der Waals surface area contributed by atoms with E-state index in [4.69, 9.17) is 0 Å². The minimum absolute atomic E-state index is 0.0116. The summed E-state index contributed by atoms with van der Waals surface area (Å²) < 4.78 is 1.87. The molecule has 0 saturated heterocycles. The van der Waals surface area contributed by atoms with Crippen molar-refractivity contribution >= 4 is 27.6 Å². The first-order valence-corrected chi connectivity index (χ1v) is 6.57. The van der Waals surface area contributed by atoms with Crippen molar-refractivity contribution in [2.24, 2.45) is 0 Å². The average Bonchev–Trinajstić information content (AvgIpc) is 3.07. The molecular formula is C16H11N3O2. The number of rotatable bonds is 2. The van der Waals surface area contributed by atoms with Crippen LogP contribution in [0.5, 0.6) is 0 Å². The standard InChI is InChI=1S/C16H11N3O2/c20-19(21)16-15(12-6-2-3-7-13(12)17-16)18-10-9-11-5-1-4-8-14(11)18/h1-10,17H. The molecule has 0 saturated carbocycles. The van der Waals surface area contributed by atoms with Gasteiger partial charge in [0, 0.05) is 6.20 Å². The molecule has 1 N–H and O–H groups in total. The second-order valence-corrected chi connectivity index (χ2v) is 4.87. The van der Waals surface area contributed by atoms with E-state index in [1.54, 1.807) is 0 Å². The van der Waals surface area contributed by atoms with Gasteiger partial charge in [-0.25, -0.2) is 4.98 Å². The fourth-order valence-corrected chi connectivity index (χ4v) is 2.77. The third-order valence-electron chi connectivity index (χ3n) is 3.68. The Bertz CT molecular complexity index is 981. The van der Waals surface area contributed by atoms with Gasteiger partial charge in [0.1, 0.15) is 5.52 Å². The maximum atomic E-state index is 11.4. The van der Waals surface area contributed by atoms with Crippen LogP contribution >= 0.6 is 0 Å². The number of fused-ring (bicyclic) bond motifs is 2. The predicted octanol–water partition coefficient (Wildman–Crippen LogP) is 4.02. The van der Waals surface area contributed by atoms with E-state index in [0.29, 0.717) is 5.69 Å². The predicted molar refractivity (Wildman–Crippen MR) is 81.8 cm³/mol. The van der Waals surface area contributed by atoms with Gasteiger partial charge in [-0.3, -0.25) is 0 Å². The van der Waals surface area contributed by atoms with Crippen molar-refractivity contribution in [3.63, 3.8) is 0 Å². The fraction of sp³-hybridized carbons (Fsp3) is 0. The maximum absolute atomic E-state index is 11.4. The normalized spacial score (nSPS) is 11.2. The van der Waals surface area contributed by atoms with Crippen molar-refractivity contribution in [2.75, 3.05) is 0 Å². The van der Waals surface area contributed by atoms with Crippen molar-refractivity contribution in [2.45, 2.75) is 0 Å². The number of benzene rings is 2. The van der Waals surface area contributed by atoms with E-state index in [0.717, 1.165) is 21.8 Å². The summed E-state index contributed by atoms with van der Waals surface area (Å²) in [4.78, 5) is 13.9. The number of aromatic amines is 1. The molecule has 0 aliphatic rings. The van der Waals surface area contributed by atoms with Gasteiger partial charge in [-0.1, -0.05) is 30.3 Å². The molecule has 2 heterocycles. The summed E-state index contributed by atoms with van der Waals surface area (Å²) in [7, 11) is 0. The summed E-state index contributed by atoms with van der Waals surface area (Å²) in [6.45, 7) is 0. The first-order chi connectivity index (χ1) is 10.3. The number of H-pyrrole nitrogens is 1. The lowest BCUT2D eigenvalue weighted by molar-refractivity contribution is -0.388. The molecule has 0 amide bonds. The zero-order valence-electron chi connectivity index (χ0n) is 11.0. The molecule has 0 radical (unpaired) electrons. The van der Waals surface area contributed by atoms with E-state index >= 15 is 0 Å². The molecule has 4 aromatic rings. The minimum Gasteiger partial charge on any atom is -0.358 e. The van der Waals surface area contributed by atoms with Crippen LogP contribution in [-0.2, 0) is 0 Å². The molecule has 0 fully saturated rings. The lowest BCUT2D eigenvalue weighted by atomic mass is 10.2. The highest BCUT2D eigenvalue weighted by Gasteiger charge is 2.22. The molecule has 0 spiro atoms. The number of aromatic nitrogens is 2. The zero-order chi connectivity index (χ0) is 14.4. The van der Waals surface area contributed by atoms with Gasteiger partial charge >= 0.3 is 5.82 Å². The van der Waals surface area contributed by atoms with E-state index in [1.807, 2.05) is 65.4 Å². The molecule has 0 atom stereocenters. The number of hydrogen-bond acceptors (Lipinski definition) is 2. The molecule has 2 aromatic carbocycles. The third kappa shape index (κ3) is 1.64. The Morgan fingerprint density at radius 2 is 1.76 bits per heavy atom. The molecule has 0 bridgehead atoms. The second-order valence-electron chi connectivity index (χ2n) is 4.87. The zero-order valence-corrected chi connectivity index (χ0v) is 11.0. The van der Waals surface area contributed by atoms with E-state index in [-0.39, 0.29) is 10.7 Å². The van der Waals surface area contributed by atoms with Crippen molar-refractivity contribution in [3.05, 3.63) is 70.9 Å². The van der Waals surface area contributed by atoms with Crippen LogP contribution in [0.25, 0.3) is 27.5 Å². The lowest BCUT2D eigenvalue weighted by Gasteiger charge is -2.04. The van der Waals surface area contributed by atoms with Gasteiger partial charge in [-0.15, -0.1) is 0 Å². The van der Waals surface area contributed by atoms with Gasteiger partial charge in [0.25, 0.3) is 0 Å². The van der Waals surface area contributed by atoms with Crippen LogP contribution in [0.3, 0.4) is 0 Å². The molecule has 4 rings (SSSR count). The van der Waals surface area contributed by atoms with E-state index in [1.165, 1.54) is 0 Å². The van der Waals surface area contributed by atoms with Crippen LogP contribution in [0.1, 0.15) is 0 Å². The first-order valence-electron chi connectivity index (χ1n) is 6.57. The largest absolute Gasteiger partial charge is 0.358 e. The molecule has 5 heteroatoms. The SMILES string of the molecule is O=[N+]([O-])c1[nH]c2ccccc2c1-n1ccc2ccccc21. The molecule has 102 valence electrons. The van der Waals surface area contributed by atoms with Gasteiger partial charge in [0.05, 0.1) is 10.9 Å². The monoisotopic (exact) mass is 277 g/mol. The van der Waals surface area contributed by atoms with E-state index in [9.17, 15) is 10.1 Å². The van der Waals surface area contributed by atoms with Crippen LogP contribution < -0.4 is 0 Å². The molecule has 5 nitrogen and oxygen atoms in total. The number of nitrogens with one attached hydrogen (secondary N) is 1. The van der Waals surface area contributed by atoms with Crippen LogP contribution in [-0.4, -0.2) is 14.5 Å². The van der Waals surface area contributed by atoms with Gasteiger partial charge in [-0.05, 0) is 34.6 Å². The van der Waals surface area contributed by atoms with E-state index < -0.39 is 0 Å². The Morgan fingerprint density at radius 1 is 1.00 bits per heavy atom. The summed E-state index contributed by atoms with van der Waals surface area (Å²) in [6.07, 6.45) is 1.87. The van der Waals surface area contributed by atoms with Crippen molar-refractivity contribution in [3.8, 4) is 5.69 Å². The number of hydrogen-bond donors (Lipinski definition) is 1. The topological polar surface area (TPSA) is 63.9 Å². The Balaban J connectivity index is 2.14. The Labute approximate surface area is 119 Å². The first kappa shape index (κ1) is 11.7. The summed E-state index contributed by atoms with van der Waals surface area (Å²) in [6, 6.07) is 17.3. The quantitative estimate of drug-likeness (QED) is 0.444. The van der Waals surface area contributed by atoms with Crippen molar-refractivity contribution < 1.29 is 4.92 Å². The highest BCUT2D eigenvalue weighted by molar-refractivity contribution is 5.95. The Hall–Kier alpha value is -3.08. The van der Waals surface area contributed by atoms with Crippen molar-refractivity contribution in [1.82, 2.24) is 9.55 Å². The highest BCUT2D eigenvalue weighted by atomic mass is 16.6. The van der Waals surface area contributed by atoms with E-state index in [2.05, 4.69) is 4.98 Å². The average molecular weight is 277 g/mol. The van der Waals surface area contributed by atoms with Gasteiger partial charge in [-0.2, -0.15) is 0 Å². The maximum Gasteiger partial charge on any atom is 0.346 e. The van der Waals surface area contributed by atoms with Gasteiger partial charge < -0.3 is 14.7 Å². The summed E-state index contributed by atoms with van der Waals surface area (Å²) in [5.74, 6) is 0.0116. The summed E-state index contributed by atoms with van der Waals surface area (Å²) in [5.41, 5.74) is 2.29. The number of para-hydroxylation sites is 2. The smallest absolute Gasteiger partial charge is 0.346 e. The second kappa shape index (κ2) is 4.21. The Morgan fingerprint density at radius 3 is 2.62 bits per heavy atom. The van der Waals surface area contributed by atoms with Crippen LogP contribution in [0.2, 0.25) is 0 Å². The molecule has 0 unspecified atom stereocenters. The summed E-state index contributed by atoms with van der Waals surface area (Å²) in [5, 5.41) is 13.3. The van der Waals surface area contributed by atoms with Gasteiger partial charge in [0.2, 0.25) is 0 Å². The van der Waals surface area contributed by atoms with Crippen LogP contribution in [0.15, 0.2) is 60.8 Å². The molecule has 2 aromatic heterocycles. The van der Waals surface area contributed by atoms with Crippen LogP contribution in [0.4, 0.5) is 5.82 Å². The lowest BCUT2D eigenvalue weighted by Crippen LogP contribution is -1.97. The Kier molecular flexibility index (Phi) is 2.35. The van der Waals surface area contributed by atoms with Gasteiger partial charge in [0.15, 0.2) is 5.69 Å². The van der Waals surface area contributed by atoms with Crippen LogP contribution in [0, 0.1) is 10.1 Å². The molecule has 0 aliphatic heterocycles. The molecule has 21 heavy (non-hydrogen) atoms. The number of nitro groups is 1. The molecular weight excluding hydrogens is 266 g/mol. The minimum atomic E-state index is -0.371. The van der Waals surface area contributed by atoms with Crippen molar-refractivity contribution in [1.29, 1.82) is 0 Å². The fourth-order valence-electron chi connectivity index (χ4n) is 2.77. The number of nitrogens with zero attached hydrogens (tertiary/aromatic N) is 2. The third-order valence-corrected chi connectivity index (χ3v) is 3.68. The summed E-state index contributed by atoms with van der Waals surface area (Å²) >= 11 is 0. The highest BCUT2D eigenvalue weighted by Crippen LogP contribution is 2.33. The molecule has 0 aliphatic carbocycles.